The summed E-state index contributed by atoms with van der Waals surface area (Å²) in [6.45, 7) is 6.10. The molecule has 4 nitrogen and oxygen atoms in total. The first-order chi connectivity index (χ1) is 11.8. The van der Waals surface area contributed by atoms with E-state index in [1.807, 2.05) is 39.0 Å². The molecule has 6 heteroatoms. The molecule has 1 aromatic rings. The number of unbranched alkanes of at least 4 members (excludes halogenated alkanes) is 1. The molecule has 1 rings (SSSR count). The molecule has 0 aromatic heterocycles. The predicted molar refractivity (Wildman–Crippen MR) is 115 cm³/mol. The lowest BCUT2D eigenvalue weighted by molar-refractivity contribution is 0.0511. The van der Waals surface area contributed by atoms with Gasteiger partial charge in [0.2, 0.25) is 0 Å². The van der Waals surface area contributed by atoms with Gasteiger partial charge in [-0.2, -0.15) is 0 Å². The van der Waals surface area contributed by atoms with Gasteiger partial charge in [0.25, 0.3) is 0 Å². The monoisotopic (exact) mass is 477 g/mol. The summed E-state index contributed by atoms with van der Waals surface area (Å²) in [6, 6.07) is 9.78. The van der Waals surface area contributed by atoms with Gasteiger partial charge in [0, 0.05) is 0 Å². The van der Waals surface area contributed by atoms with E-state index in [1.165, 1.54) is 5.56 Å². The molecule has 0 saturated heterocycles. The van der Waals surface area contributed by atoms with Crippen molar-refractivity contribution in [1.29, 1.82) is 0 Å². The van der Waals surface area contributed by atoms with Crippen molar-refractivity contribution in [3.8, 4) is 0 Å². The second kappa shape index (κ2) is 11.7. The average molecular weight is 477 g/mol. The third-order valence-corrected chi connectivity index (χ3v) is 4.48. The van der Waals surface area contributed by atoms with Gasteiger partial charge in [0.05, 0.1) is 6.61 Å². The van der Waals surface area contributed by atoms with Crippen LogP contribution in [0.25, 0.3) is 0 Å². The molecule has 1 N–H and O–H groups in total. The molecule has 0 aliphatic carbocycles. The van der Waals surface area contributed by atoms with Crippen LogP contribution in [-0.2, 0) is 15.9 Å². The van der Waals surface area contributed by atoms with Crippen LogP contribution in [0.1, 0.15) is 45.6 Å². The molecule has 25 heavy (non-hydrogen) atoms. The summed E-state index contributed by atoms with van der Waals surface area (Å²) in [6.07, 6.45) is 3.06. The van der Waals surface area contributed by atoms with Crippen molar-refractivity contribution in [1.82, 2.24) is 5.32 Å². The van der Waals surface area contributed by atoms with Crippen LogP contribution >= 0.6 is 34.8 Å². The maximum atomic E-state index is 12.1. The van der Waals surface area contributed by atoms with Crippen LogP contribution in [0.5, 0.6) is 0 Å². The topological polar surface area (TPSA) is 47.6 Å². The number of amides is 1. The molecule has 0 saturated carbocycles. The largest absolute Gasteiger partial charge is 0.485 e. The number of aryl methyl sites for hydroxylation is 1. The Hall–Kier alpha value is -0.890. The van der Waals surface area contributed by atoms with E-state index in [-0.39, 0.29) is 6.04 Å². The molecular formula is C19H28INO3S. The average Bonchev–Trinajstić information content (AvgIpc) is 2.54. The Bertz CT molecular complexity index is 531. The predicted octanol–water partition coefficient (Wildman–Crippen LogP) is 5.07. The molecule has 0 fully saturated rings. The number of hydrogen-bond acceptors (Lipinski definition) is 4. The molecule has 1 atom stereocenters. The maximum Gasteiger partial charge on any atom is 0.408 e. The smallest absolute Gasteiger partial charge is 0.408 e. The minimum Gasteiger partial charge on any atom is -0.485 e. The van der Waals surface area contributed by atoms with E-state index >= 15 is 0 Å². The summed E-state index contributed by atoms with van der Waals surface area (Å²) < 4.78 is 12.1. The number of nitrogens with one attached hydrogen (secondary N) is 1. The van der Waals surface area contributed by atoms with Crippen LogP contribution in [0, 0.1) is 0 Å². The number of rotatable bonds is 9. The fraction of sp³-hybridized carbons (Fsp3) is 0.579. The van der Waals surface area contributed by atoms with Crippen molar-refractivity contribution in [2.45, 2.75) is 58.1 Å². The molecule has 0 heterocycles. The molecule has 0 aliphatic heterocycles. The summed E-state index contributed by atoms with van der Waals surface area (Å²) in [5, 5.41) is 3.28. The van der Waals surface area contributed by atoms with Gasteiger partial charge in [-0.05, 0) is 68.7 Å². The Morgan fingerprint density at radius 3 is 2.52 bits per heavy atom. The van der Waals surface area contributed by atoms with Gasteiger partial charge in [-0.25, -0.2) is 4.79 Å². The van der Waals surface area contributed by atoms with Crippen molar-refractivity contribution >= 4 is 46.0 Å². The summed E-state index contributed by atoms with van der Waals surface area (Å²) in [7, 11) is 0. The van der Waals surface area contributed by atoms with Crippen LogP contribution in [-0.4, -0.2) is 33.8 Å². The minimum absolute atomic E-state index is 0.343. The van der Waals surface area contributed by atoms with Crippen LogP contribution in [0.2, 0.25) is 0 Å². The zero-order valence-corrected chi connectivity index (χ0v) is 18.2. The van der Waals surface area contributed by atoms with E-state index in [1.54, 1.807) is 0 Å². The first-order valence-electron chi connectivity index (χ1n) is 8.58. The molecule has 0 bridgehead atoms. The van der Waals surface area contributed by atoms with Crippen LogP contribution in [0.4, 0.5) is 4.79 Å². The SMILES string of the molecule is CC(C)(C)OC(=O)NC(CCc1ccccc1)C(=S)OCCCCI. The van der Waals surface area contributed by atoms with E-state index in [4.69, 9.17) is 21.7 Å². The minimum atomic E-state index is -0.545. The Labute approximate surface area is 170 Å². The summed E-state index contributed by atoms with van der Waals surface area (Å²) in [5.41, 5.74) is 0.655. The third-order valence-electron chi connectivity index (χ3n) is 3.31. The normalized spacial score (nSPS) is 12.3. The second-order valence-corrected chi connectivity index (χ2v) is 8.27. The number of ether oxygens (including phenoxy) is 2. The van der Waals surface area contributed by atoms with E-state index in [0.29, 0.717) is 18.1 Å². The Morgan fingerprint density at radius 2 is 1.92 bits per heavy atom. The summed E-state index contributed by atoms with van der Waals surface area (Å²) in [5.74, 6) is 0. The Balaban J connectivity index is 2.61. The lowest BCUT2D eigenvalue weighted by atomic mass is 10.1. The van der Waals surface area contributed by atoms with Gasteiger partial charge >= 0.3 is 6.09 Å². The van der Waals surface area contributed by atoms with Gasteiger partial charge in [-0.15, -0.1) is 0 Å². The lowest BCUT2D eigenvalue weighted by Gasteiger charge is -2.24. The molecular weight excluding hydrogens is 449 g/mol. The first kappa shape index (κ1) is 22.2. The zero-order chi connectivity index (χ0) is 18.7. The van der Waals surface area contributed by atoms with Crippen LogP contribution in [0.15, 0.2) is 30.3 Å². The number of thiocarbonyl (C=S) groups is 1. The summed E-state index contributed by atoms with van der Waals surface area (Å²) in [4.78, 5) is 12.1. The van der Waals surface area contributed by atoms with Gasteiger partial charge < -0.3 is 14.8 Å². The second-order valence-electron chi connectivity index (χ2n) is 6.79. The first-order valence-corrected chi connectivity index (χ1v) is 10.5. The number of halogens is 1. The molecule has 1 aromatic carbocycles. The molecule has 1 unspecified atom stereocenters. The van der Waals surface area contributed by atoms with Gasteiger partial charge in [-0.3, -0.25) is 0 Å². The highest BCUT2D eigenvalue weighted by Gasteiger charge is 2.23. The quantitative estimate of drug-likeness (QED) is 0.234. The highest BCUT2D eigenvalue weighted by molar-refractivity contribution is 14.1. The fourth-order valence-electron chi connectivity index (χ4n) is 2.12. The van der Waals surface area contributed by atoms with E-state index in [2.05, 4.69) is 40.0 Å². The lowest BCUT2D eigenvalue weighted by Crippen LogP contribution is -2.44. The molecule has 0 aliphatic rings. The number of hydrogen-bond donors (Lipinski definition) is 1. The number of alkyl carbamates (subject to hydrolysis) is 1. The Kier molecular flexibility index (Phi) is 10.3. The number of benzene rings is 1. The number of alkyl halides is 1. The maximum absolute atomic E-state index is 12.1. The van der Waals surface area contributed by atoms with Crippen molar-refractivity contribution in [2.75, 3.05) is 11.0 Å². The van der Waals surface area contributed by atoms with E-state index in [0.717, 1.165) is 23.7 Å². The van der Waals surface area contributed by atoms with E-state index in [9.17, 15) is 4.79 Å². The summed E-state index contributed by atoms with van der Waals surface area (Å²) >= 11 is 7.75. The standard InChI is InChI=1S/C19H28INO3S/c1-19(2,3)24-18(22)21-16(17(25)23-14-8-7-13-20)12-11-15-9-5-4-6-10-15/h4-6,9-10,16H,7-8,11-14H2,1-3H3,(H,21,22). The fourth-order valence-corrected chi connectivity index (χ4v) is 2.92. The third kappa shape index (κ3) is 10.6. The highest BCUT2D eigenvalue weighted by Crippen LogP contribution is 2.11. The van der Waals surface area contributed by atoms with Gasteiger partial charge in [-0.1, -0.05) is 52.9 Å². The Morgan fingerprint density at radius 1 is 1.24 bits per heavy atom. The van der Waals surface area contributed by atoms with Crippen LogP contribution < -0.4 is 5.32 Å². The van der Waals surface area contributed by atoms with Gasteiger partial charge in [0.1, 0.15) is 11.6 Å². The van der Waals surface area contributed by atoms with Crippen molar-refractivity contribution < 1.29 is 14.3 Å². The molecule has 0 radical (unpaired) electrons. The zero-order valence-electron chi connectivity index (χ0n) is 15.2. The number of carbonyl (C=O) groups is 1. The van der Waals surface area contributed by atoms with E-state index < -0.39 is 11.7 Å². The molecule has 140 valence electrons. The number of carbonyl (C=O) groups excluding carboxylic acids is 1. The highest BCUT2D eigenvalue weighted by atomic mass is 127. The molecule has 0 spiro atoms. The molecule has 1 amide bonds. The van der Waals surface area contributed by atoms with Gasteiger partial charge in [0.15, 0.2) is 5.05 Å². The van der Waals surface area contributed by atoms with Crippen molar-refractivity contribution in [2.24, 2.45) is 0 Å². The van der Waals surface area contributed by atoms with Crippen molar-refractivity contribution in [3.05, 3.63) is 35.9 Å². The van der Waals surface area contributed by atoms with Crippen LogP contribution in [0.3, 0.4) is 0 Å². The van der Waals surface area contributed by atoms with Crippen molar-refractivity contribution in [3.63, 3.8) is 0 Å².